The molecule has 1 heterocycles. The fraction of sp³-hybridized carbons (Fsp3) is 0.105. The number of pyridine rings is 1. The van der Waals surface area contributed by atoms with Gasteiger partial charge in [-0.3, -0.25) is 9.78 Å². The molecule has 3 aromatic rings. The predicted octanol–water partition coefficient (Wildman–Crippen LogP) is 3.19. The Morgan fingerprint density at radius 3 is 2.67 bits per heavy atom. The van der Waals surface area contributed by atoms with Crippen molar-refractivity contribution in [2.24, 2.45) is 5.10 Å². The molecule has 0 aliphatic rings. The lowest BCUT2D eigenvalue weighted by molar-refractivity contribution is -0.121. The second-order valence-electron chi connectivity index (χ2n) is 5.41. The van der Waals surface area contributed by atoms with Gasteiger partial charge in [-0.05, 0) is 36.1 Å². The van der Waals surface area contributed by atoms with Gasteiger partial charge >= 0.3 is 0 Å². The van der Waals surface area contributed by atoms with Gasteiger partial charge in [0.05, 0.1) is 6.21 Å². The average Bonchev–Trinajstić information content (AvgIpc) is 2.63. The highest BCUT2D eigenvalue weighted by Gasteiger charge is 2.12. The molecule has 0 saturated carbocycles. The summed E-state index contributed by atoms with van der Waals surface area (Å²) >= 11 is 0. The molecule has 0 saturated heterocycles. The number of rotatable bonds is 5. The molecule has 3 rings (SSSR count). The third-order valence-corrected chi connectivity index (χ3v) is 3.65. The summed E-state index contributed by atoms with van der Waals surface area (Å²) in [7, 11) is 0. The summed E-state index contributed by atoms with van der Waals surface area (Å²) in [5.41, 5.74) is 4.35. The number of aromatic nitrogens is 1. The van der Waals surface area contributed by atoms with E-state index >= 15 is 0 Å². The molecule has 0 aliphatic carbocycles. The fourth-order valence-corrected chi connectivity index (χ4v) is 2.37. The van der Waals surface area contributed by atoms with Crippen LogP contribution in [-0.2, 0) is 4.79 Å². The van der Waals surface area contributed by atoms with Gasteiger partial charge in [0.1, 0.15) is 6.04 Å². The van der Waals surface area contributed by atoms with Crippen LogP contribution in [-0.4, -0.2) is 23.1 Å². The number of anilines is 1. The van der Waals surface area contributed by atoms with Crippen molar-refractivity contribution >= 4 is 28.6 Å². The Kier molecular flexibility index (Phi) is 4.81. The topological polar surface area (TPSA) is 66.4 Å². The van der Waals surface area contributed by atoms with Gasteiger partial charge < -0.3 is 5.32 Å². The van der Waals surface area contributed by atoms with Crippen LogP contribution in [0.15, 0.2) is 72.1 Å². The minimum absolute atomic E-state index is 0.201. The van der Waals surface area contributed by atoms with Gasteiger partial charge in [-0.1, -0.05) is 36.4 Å². The number of hydrogen-bond donors (Lipinski definition) is 2. The lowest BCUT2D eigenvalue weighted by atomic mass is 10.1. The Morgan fingerprint density at radius 2 is 1.83 bits per heavy atom. The third kappa shape index (κ3) is 3.76. The minimum Gasteiger partial charge on any atom is -0.373 e. The van der Waals surface area contributed by atoms with Crippen molar-refractivity contribution in [2.75, 3.05) is 5.32 Å². The normalized spacial score (nSPS) is 12.2. The molecule has 0 fully saturated rings. The van der Waals surface area contributed by atoms with Crippen LogP contribution in [0.5, 0.6) is 0 Å². The van der Waals surface area contributed by atoms with Crippen molar-refractivity contribution in [2.45, 2.75) is 13.0 Å². The summed E-state index contributed by atoms with van der Waals surface area (Å²) in [6.07, 6.45) is 4.94. The van der Waals surface area contributed by atoms with Gasteiger partial charge in [0.2, 0.25) is 0 Å². The summed E-state index contributed by atoms with van der Waals surface area (Å²) in [5.74, 6) is -0.201. The van der Waals surface area contributed by atoms with Gasteiger partial charge in [-0.25, -0.2) is 5.43 Å². The number of nitrogens with one attached hydrogen (secondary N) is 2. The lowest BCUT2D eigenvalue weighted by Crippen LogP contribution is -2.34. The summed E-state index contributed by atoms with van der Waals surface area (Å²) in [6, 6.07) is 17.3. The van der Waals surface area contributed by atoms with Crippen molar-refractivity contribution in [3.8, 4) is 0 Å². The van der Waals surface area contributed by atoms with Crippen LogP contribution in [0.25, 0.3) is 10.8 Å². The second-order valence-corrected chi connectivity index (χ2v) is 5.41. The smallest absolute Gasteiger partial charge is 0.262 e. The lowest BCUT2D eigenvalue weighted by Gasteiger charge is -2.15. The van der Waals surface area contributed by atoms with Crippen LogP contribution >= 0.6 is 0 Å². The number of nitrogens with zero attached hydrogens (tertiary/aromatic N) is 2. The number of hydrogen-bond acceptors (Lipinski definition) is 4. The first-order valence-corrected chi connectivity index (χ1v) is 7.71. The van der Waals surface area contributed by atoms with Gasteiger partial charge in [0, 0.05) is 23.5 Å². The van der Waals surface area contributed by atoms with E-state index < -0.39 is 6.04 Å². The maximum absolute atomic E-state index is 12.2. The van der Waals surface area contributed by atoms with E-state index in [-0.39, 0.29) is 5.91 Å². The number of carbonyl (C=O) groups is 1. The Morgan fingerprint density at radius 1 is 1.08 bits per heavy atom. The largest absolute Gasteiger partial charge is 0.373 e. The van der Waals surface area contributed by atoms with Gasteiger partial charge in [-0.2, -0.15) is 5.10 Å². The first-order chi connectivity index (χ1) is 11.7. The standard InChI is InChI=1S/C19H18N4O/c1-14(19(24)23-21-13-15-9-11-20-12-10-15)22-18-8-4-6-16-5-2-3-7-17(16)18/h2-14,22H,1H3,(H,23,24). The van der Waals surface area contributed by atoms with Crippen molar-refractivity contribution in [3.63, 3.8) is 0 Å². The van der Waals surface area contributed by atoms with Crippen LogP contribution in [0.4, 0.5) is 5.69 Å². The summed E-state index contributed by atoms with van der Waals surface area (Å²) in [5, 5.41) is 9.43. The van der Waals surface area contributed by atoms with Crippen molar-refractivity contribution in [3.05, 3.63) is 72.6 Å². The monoisotopic (exact) mass is 318 g/mol. The molecule has 0 spiro atoms. The van der Waals surface area contributed by atoms with E-state index in [1.807, 2.05) is 54.6 Å². The minimum atomic E-state index is -0.412. The summed E-state index contributed by atoms with van der Waals surface area (Å²) in [4.78, 5) is 16.1. The zero-order chi connectivity index (χ0) is 16.8. The zero-order valence-corrected chi connectivity index (χ0v) is 13.3. The van der Waals surface area contributed by atoms with Crippen LogP contribution in [0.1, 0.15) is 12.5 Å². The van der Waals surface area contributed by atoms with Crippen LogP contribution in [0.2, 0.25) is 0 Å². The van der Waals surface area contributed by atoms with E-state index in [1.165, 1.54) is 0 Å². The molecule has 2 N–H and O–H groups in total. The van der Waals surface area contributed by atoms with Crippen LogP contribution in [0.3, 0.4) is 0 Å². The summed E-state index contributed by atoms with van der Waals surface area (Å²) < 4.78 is 0. The number of carbonyl (C=O) groups excluding carboxylic acids is 1. The second kappa shape index (κ2) is 7.37. The molecule has 1 unspecified atom stereocenters. The highest BCUT2D eigenvalue weighted by atomic mass is 16.2. The Hall–Kier alpha value is -3.21. The molecule has 120 valence electrons. The number of benzene rings is 2. The molecular weight excluding hydrogens is 300 g/mol. The molecule has 0 radical (unpaired) electrons. The molecule has 5 heteroatoms. The summed E-state index contributed by atoms with van der Waals surface area (Å²) in [6.45, 7) is 1.80. The molecule has 0 bridgehead atoms. The van der Waals surface area contributed by atoms with E-state index in [2.05, 4.69) is 20.8 Å². The van der Waals surface area contributed by atoms with E-state index in [1.54, 1.807) is 25.5 Å². The van der Waals surface area contributed by atoms with E-state index in [0.29, 0.717) is 0 Å². The fourth-order valence-electron chi connectivity index (χ4n) is 2.37. The SMILES string of the molecule is CC(Nc1cccc2ccccc12)C(=O)NN=Cc1ccncc1. The van der Waals surface area contributed by atoms with Crippen molar-refractivity contribution < 1.29 is 4.79 Å². The van der Waals surface area contributed by atoms with Crippen LogP contribution < -0.4 is 10.7 Å². The number of amides is 1. The predicted molar refractivity (Wildman–Crippen MR) is 97.0 cm³/mol. The van der Waals surface area contributed by atoms with Gasteiger partial charge in [0.15, 0.2) is 0 Å². The molecule has 2 aromatic carbocycles. The molecule has 1 atom stereocenters. The van der Waals surface area contributed by atoms with E-state index in [0.717, 1.165) is 22.0 Å². The molecule has 5 nitrogen and oxygen atoms in total. The first-order valence-electron chi connectivity index (χ1n) is 7.71. The van der Waals surface area contributed by atoms with Crippen molar-refractivity contribution in [1.29, 1.82) is 0 Å². The molecule has 24 heavy (non-hydrogen) atoms. The highest BCUT2D eigenvalue weighted by molar-refractivity contribution is 5.96. The van der Waals surface area contributed by atoms with Gasteiger partial charge in [-0.15, -0.1) is 0 Å². The number of hydrazone groups is 1. The Bertz CT molecular complexity index is 856. The molecule has 0 aliphatic heterocycles. The average molecular weight is 318 g/mol. The Balaban J connectivity index is 1.64. The highest BCUT2D eigenvalue weighted by Crippen LogP contribution is 2.23. The maximum Gasteiger partial charge on any atom is 0.262 e. The third-order valence-electron chi connectivity index (χ3n) is 3.65. The number of fused-ring (bicyclic) bond motifs is 1. The van der Waals surface area contributed by atoms with E-state index in [4.69, 9.17) is 0 Å². The first kappa shape index (κ1) is 15.7. The quantitative estimate of drug-likeness (QED) is 0.561. The van der Waals surface area contributed by atoms with Gasteiger partial charge in [0.25, 0.3) is 5.91 Å². The van der Waals surface area contributed by atoms with Crippen molar-refractivity contribution in [1.82, 2.24) is 10.4 Å². The van der Waals surface area contributed by atoms with E-state index in [9.17, 15) is 4.79 Å². The Labute approximate surface area is 140 Å². The van der Waals surface area contributed by atoms with Crippen LogP contribution in [0, 0.1) is 0 Å². The molecule has 1 amide bonds. The zero-order valence-electron chi connectivity index (χ0n) is 13.3. The molecular formula is C19H18N4O. The molecule has 1 aromatic heterocycles. The maximum atomic E-state index is 12.2.